The largest absolute Gasteiger partial charge is 0.355 e. The molecule has 1 unspecified atom stereocenters. The number of aliphatic imine (C=N–C) groups is 1. The lowest BCUT2D eigenvalue weighted by molar-refractivity contribution is -0.133. The number of likely N-dealkylation sites (N-methyl/N-ethyl adjacent to an activating group) is 1. The quantitative estimate of drug-likeness (QED) is 0.573. The van der Waals surface area contributed by atoms with Gasteiger partial charge in [-0.2, -0.15) is 0 Å². The van der Waals surface area contributed by atoms with E-state index in [2.05, 4.69) is 51.8 Å². The number of guanidine groups is 1. The average molecular weight is 360 g/mol. The first-order valence-corrected chi connectivity index (χ1v) is 9.48. The van der Waals surface area contributed by atoms with Crippen molar-refractivity contribution < 1.29 is 4.79 Å². The Bertz CT molecular complexity index is 587. The zero-order valence-electron chi connectivity index (χ0n) is 16.5. The topological polar surface area (TPSA) is 60.0 Å². The second-order valence-electron chi connectivity index (χ2n) is 7.29. The average Bonchev–Trinajstić information content (AvgIpc) is 3.09. The molecule has 2 N–H and O–H groups in total. The first-order chi connectivity index (χ1) is 12.5. The smallest absolute Gasteiger partial charge is 0.225 e. The normalized spacial score (nSPS) is 17.8. The molecule has 144 valence electrons. The van der Waals surface area contributed by atoms with Crippen molar-refractivity contribution in [2.75, 3.05) is 40.3 Å². The number of benzene rings is 1. The van der Waals surface area contributed by atoms with Crippen LogP contribution in [0.4, 0.5) is 0 Å². The Labute approximate surface area is 157 Å². The van der Waals surface area contributed by atoms with E-state index in [0.717, 1.165) is 45.1 Å². The number of likely N-dealkylation sites (tertiary alicyclic amines) is 1. The van der Waals surface area contributed by atoms with Gasteiger partial charge in [-0.25, -0.2) is 0 Å². The molecule has 0 saturated carbocycles. The number of carbonyl (C=O) groups excluding carboxylic acids is 1. The van der Waals surface area contributed by atoms with Crippen LogP contribution in [0, 0.1) is 5.92 Å². The molecule has 2 rings (SSSR count). The van der Waals surface area contributed by atoms with Crippen molar-refractivity contribution in [1.29, 1.82) is 0 Å². The highest BCUT2D eigenvalue weighted by molar-refractivity contribution is 5.81. The fourth-order valence-corrected chi connectivity index (χ4v) is 3.17. The molecule has 6 heteroatoms. The zero-order valence-corrected chi connectivity index (χ0v) is 16.5. The van der Waals surface area contributed by atoms with Gasteiger partial charge in [0.15, 0.2) is 5.96 Å². The van der Waals surface area contributed by atoms with Gasteiger partial charge in [0.2, 0.25) is 5.91 Å². The van der Waals surface area contributed by atoms with Gasteiger partial charge >= 0.3 is 0 Å². The summed E-state index contributed by atoms with van der Waals surface area (Å²) in [5, 5.41) is 6.81. The van der Waals surface area contributed by atoms with Crippen LogP contribution >= 0.6 is 0 Å². The summed E-state index contributed by atoms with van der Waals surface area (Å²) in [5.41, 5.74) is 1.32. The van der Waals surface area contributed by atoms with E-state index >= 15 is 0 Å². The predicted octanol–water partition coefficient (Wildman–Crippen LogP) is 1.54. The molecular formula is C20H33N5O. The van der Waals surface area contributed by atoms with Gasteiger partial charge < -0.3 is 20.4 Å². The molecule has 0 bridgehead atoms. The van der Waals surface area contributed by atoms with E-state index in [0.29, 0.717) is 0 Å². The Morgan fingerprint density at radius 1 is 1.35 bits per heavy atom. The minimum absolute atomic E-state index is 0.0614. The lowest BCUT2D eigenvalue weighted by Crippen LogP contribution is -2.46. The molecule has 26 heavy (non-hydrogen) atoms. The molecule has 1 saturated heterocycles. The standard InChI is InChI=1S/C20H33N5O/c1-16(2)19(26)25-12-10-18(15-25)23-20(21-3)22-11-13-24(4)14-17-8-6-5-7-9-17/h5-9,16,18H,10-15H2,1-4H3,(H2,21,22,23). The van der Waals surface area contributed by atoms with Crippen molar-refractivity contribution in [3.8, 4) is 0 Å². The van der Waals surface area contributed by atoms with Crippen molar-refractivity contribution in [3.05, 3.63) is 35.9 Å². The van der Waals surface area contributed by atoms with Crippen molar-refractivity contribution in [2.45, 2.75) is 32.9 Å². The van der Waals surface area contributed by atoms with E-state index in [1.54, 1.807) is 7.05 Å². The van der Waals surface area contributed by atoms with Crippen molar-refractivity contribution in [2.24, 2.45) is 10.9 Å². The van der Waals surface area contributed by atoms with Gasteiger partial charge in [-0.15, -0.1) is 0 Å². The van der Waals surface area contributed by atoms with E-state index < -0.39 is 0 Å². The lowest BCUT2D eigenvalue weighted by Gasteiger charge is -2.21. The first kappa shape index (κ1) is 20.2. The van der Waals surface area contributed by atoms with Crippen molar-refractivity contribution in [3.63, 3.8) is 0 Å². The van der Waals surface area contributed by atoms with Crippen LogP contribution in [0.3, 0.4) is 0 Å². The summed E-state index contributed by atoms with van der Waals surface area (Å²) in [5.74, 6) is 1.10. The molecule has 0 aliphatic carbocycles. The second kappa shape index (κ2) is 10.2. The highest BCUT2D eigenvalue weighted by Crippen LogP contribution is 2.12. The van der Waals surface area contributed by atoms with Crippen molar-refractivity contribution in [1.82, 2.24) is 20.4 Å². The molecule has 1 atom stereocenters. The van der Waals surface area contributed by atoms with E-state index in [1.807, 2.05) is 24.8 Å². The van der Waals surface area contributed by atoms with E-state index in [9.17, 15) is 4.79 Å². The van der Waals surface area contributed by atoms with E-state index in [1.165, 1.54) is 5.56 Å². The second-order valence-corrected chi connectivity index (χ2v) is 7.29. The van der Waals surface area contributed by atoms with Crippen LogP contribution in [0.2, 0.25) is 0 Å². The Balaban J connectivity index is 1.69. The molecule has 1 heterocycles. The third-order valence-electron chi connectivity index (χ3n) is 4.64. The highest BCUT2D eigenvalue weighted by atomic mass is 16.2. The maximum Gasteiger partial charge on any atom is 0.225 e. The highest BCUT2D eigenvalue weighted by Gasteiger charge is 2.27. The third kappa shape index (κ3) is 6.33. The van der Waals surface area contributed by atoms with Crippen LogP contribution in [0.15, 0.2) is 35.3 Å². The molecule has 6 nitrogen and oxygen atoms in total. The number of carbonyl (C=O) groups is 1. The fourth-order valence-electron chi connectivity index (χ4n) is 3.17. The lowest BCUT2D eigenvalue weighted by atomic mass is 10.2. The molecule has 0 spiro atoms. The Hall–Kier alpha value is -2.08. The number of hydrogen-bond acceptors (Lipinski definition) is 3. The van der Waals surface area contributed by atoms with Crippen LogP contribution in [-0.4, -0.2) is 68.0 Å². The maximum atomic E-state index is 12.1. The number of rotatable bonds is 7. The summed E-state index contributed by atoms with van der Waals surface area (Å²) in [6.07, 6.45) is 0.965. The van der Waals surface area contributed by atoms with Gasteiger partial charge in [0.1, 0.15) is 0 Å². The maximum absolute atomic E-state index is 12.1. The minimum Gasteiger partial charge on any atom is -0.355 e. The molecule has 1 aliphatic heterocycles. The summed E-state index contributed by atoms with van der Waals surface area (Å²) >= 11 is 0. The van der Waals surface area contributed by atoms with E-state index in [4.69, 9.17) is 0 Å². The zero-order chi connectivity index (χ0) is 18.9. The summed E-state index contributed by atoms with van der Waals surface area (Å²) in [6, 6.07) is 10.7. The monoisotopic (exact) mass is 359 g/mol. The molecule has 1 amide bonds. The molecule has 1 aromatic carbocycles. The Morgan fingerprint density at radius 3 is 2.73 bits per heavy atom. The van der Waals surface area contributed by atoms with Gasteiger partial charge in [0.25, 0.3) is 0 Å². The molecule has 1 fully saturated rings. The molecule has 1 aliphatic rings. The summed E-state index contributed by atoms with van der Waals surface area (Å²) in [4.78, 5) is 20.6. The molecule has 0 aromatic heterocycles. The number of hydrogen-bond donors (Lipinski definition) is 2. The first-order valence-electron chi connectivity index (χ1n) is 9.48. The van der Waals surface area contributed by atoms with Gasteiger partial charge in [0.05, 0.1) is 0 Å². The van der Waals surface area contributed by atoms with Crippen LogP contribution in [0.25, 0.3) is 0 Å². The van der Waals surface area contributed by atoms with Crippen LogP contribution in [0.1, 0.15) is 25.8 Å². The summed E-state index contributed by atoms with van der Waals surface area (Å²) in [7, 11) is 3.91. The minimum atomic E-state index is 0.0614. The predicted molar refractivity (Wildman–Crippen MR) is 107 cm³/mol. The molecule has 0 radical (unpaired) electrons. The van der Waals surface area contributed by atoms with Gasteiger partial charge in [-0.1, -0.05) is 44.2 Å². The number of amides is 1. The summed E-state index contributed by atoms with van der Waals surface area (Å²) in [6.45, 7) is 8.17. The SMILES string of the molecule is CN=C(NCCN(C)Cc1ccccc1)NC1CCN(C(=O)C(C)C)C1. The Morgan fingerprint density at radius 2 is 2.08 bits per heavy atom. The summed E-state index contributed by atoms with van der Waals surface area (Å²) < 4.78 is 0. The number of nitrogens with one attached hydrogen (secondary N) is 2. The van der Waals surface area contributed by atoms with Crippen LogP contribution in [-0.2, 0) is 11.3 Å². The van der Waals surface area contributed by atoms with Crippen LogP contribution in [0.5, 0.6) is 0 Å². The molecule has 1 aromatic rings. The third-order valence-corrected chi connectivity index (χ3v) is 4.64. The van der Waals surface area contributed by atoms with Gasteiger partial charge in [0, 0.05) is 51.7 Å². The Kier molecular flexibility index (Phi) is 7.91. The van der Waals surface area contributed by atoms with E-state index in [-0.39, 0.29) is 17.9 Å². The fraction of sp³-hybridized carbons (Fsp3) is 0.600. The van der Waals surface area contributed by atoms with Gasteiger partial charge in [-0.05, 0) is 19.0 Å². The number of nitrogens with zero attached hydrogens (tertiary/aromatic N) is 3. The van der Waals surface area contributed by atoms with Crippen molar-refractivity contribution >= 4 is 11.9 Å². The molecular weight excluding hydrogens is 326 g/mol. The van der Waals surface area contributed by atoms with Crippen LogP contribution < -0.4 is 10.6 Å². The van der Waals surface area contributed by atoms with Gasteiger partial charge in [-0.3, -0.25) is 9.79 Å².